The fourth-order valence-electron chi connectivity index (χ4n) is 2.06. The van der Waals surface area contributed by atoms with Gasteiger partial charge < -0.3 is 20.1 Å². The molecule has 1 rings (SSSR count). The molecule has 94 valence electrons. The molecule has 0 bridgehead atoms. The second kappa shape index (κ2) is 6.18. The lowest BCUT2D eigenvalue weighted by atomic mass is 10.2. The van der Waals surface area contributed by atoms with E-state index in [0.717, 1.165) is 6.42 Å². The Morgan fingerprint density at radius 3 is 2.81 bits per heavy atom. The van der Waals surface area contributed by atoms with Gasteiger partial charge in [0.2, 0.25) is 5.91 Å². The number of ether oxygens (including phenoxy) is 1. The summed E-state index contributed by atoms with van der Waals surface area (Å²) in [5, 5.41) is 12.4. The van der Waals surface area contributed by atoms with Gasteiger partial charge in [0.25, 0.3) is 0 Å². The van der Waals surface area contributed by atoms with E-state index in [1.807, 2.05) is 13.8 Å². The van der Waals surface area contributed by atoms with Crippen LogP contribution < -0.4 is 5.32 Å². The molecule has 2 unspecified atom stereocenters. The topological polar surface area (TPSA) is 61.8 Å². The lowest BCUT2D eigenvalue weighted by Gasteiger charge is -2.26. The minimum atomic E-state index is -0.212. The molecule has 16 heavy (non-hydrogen) atoms. The van der Waals surface area contributed by atoms with E-state index >= 15 is 0 Å². The standard InChI is InChI=1S/C11H22N2O3/c1-8(2)12-10-4-5-13(11(10)15)9(6-14)7-16-3/h8-10,12,14H,4-7H2,1-3H3. The van der Waals surface area contributed by atoms with Crippen molar-refractivity contribution in [2.24, 2.45) is 0 Å². The number of hydrogen-bond acceptors (Lipinski definition) is 4. The predicted octanol–water partition coefficient (Wildman–Crippen LogP) is -0.407. The molecule has 1 aliphatic heterocycles. The molecule has 2 atom stereocenters. The number of methoxy groups -OCH3 is 1. The van der Waals surface area contributed by atoms with E-state index < -0.39 is 0 Å². The van der Waals surface area contributed by atoms with Crippen LogP contribution in [0.25, 0.3) is 0 Å². The molecule has 1 fully saturated rings. The monoisotopic (exact) mass is 230 g/mol. The maximum Gasteiger partial charge on any atom is 0.240 e. The summed E-state index contributed by atoms with van der Waals surface area (Å²) in [5.74, 6) is 0.0739. The summed E-state index contributed by atoms with van der Waals surface area (Å²) in [6.07, 6.45) is 0.803. The molecule has 0 aromatic carbocycles. The summed E-state index contributed by atoms with van der Waals surface area (Å²) in [4.78, 5) is 13.7. The van der Waals surface area contributed by atoms with Crippen molar-refractivity contribution in [1.29, 1.82) is 0 Å². The number of likely N-dealkylation sites (tertiary alicyclic amines) is 1. The molecule has 5 nitrogen and oxygen atoms in total. The molecule has 5 heteroatoms. The van der Waals surface area contributed by atoms with Crippen LogP contribution >= 0.6 is 0 Å². The molecule has 0 radical (unpaired) electrons. The minimum absolute atomic E-state index is 0.0476. The van der Waals surface area contributed by atoms with Crippen molar-refractivity contribution in [2.45, 2.75) is 38.4 Å². The first-order valence-corrected chi connectivity index (χ1v) is 5.76. The van der Waals surface area contributed by atoms with E-state index in [0.29, 0.717) is 19.2 Å². The van der Waals surface area contributed by atoms with Gasteiger partial charge in [-0.3, -0.25) is 4.79 Å². The summed E-state index contributed by atoms with van der Waals surface area (Å²) >= 11 is 0. The number of carbonyl (C=O) groups excluding carboxylic acids is 1. The zero-order valence-electron chi connectivity index (χ0n) is 10.3. The number of amides is 1. The molecule has 0 saturated carbocycles. The summed E-state index contributed by atoms with van der Waals surface area (Å²) in [7, 11) is 1.58. The van der Waals surface area contributed by atoms with Gasteiger partial charge in [-0.15, -0.1) is 0 Å². The Hall–Kier alpha value is -0.650. The highest BCUT2D eigenvalue weighted by Gasteiger charge is 2.35. The molecule has 2 N–H and O–H groups in total. The van der Waals surface area contributed by atoms with Crippen LogP contribution in [0.2, 0.25) is 0 Å². The summed E-state index contributed by atoms with van der Waals surface area (Å²) < 4.78 is 5.00. The highest BCUT2D eigenvalue weighted by atomic mass is 16.5. The Balaban J connectivity index is 2.54. The fourth-order valence-corrected chi connectivity index (χ4v) is 2.06. The zero-order chi connectivity index (χ0) is 12.1. The zero-order valence-corrected chi connectivity index (χ0v) is 10.3. The molecule has 0 spiro atoms. The first-order chi connectivity index (χ1) is 7.60. The molecule has 1 heterocycles. The third-order valence-corrected chi connectivity index (χ3v) is 2.78. The van der Waals surface area contributed by atoms with Crippen LogP contribution in [0.15, 0.2) is 0 Å². The molecular formula is C11H22N2O3. The number of carbonyl (C=O) groups is 1. The molecule has 1 saturated heterocycles. The van der Waals surface area contributed by atoms with Crippen molar-refractivity contribution < 1.29 is 14.6 Å². The molecule has 0 aromatic heterocycles. The Kier molecular flexibility index (Phi) is 5.18. The number of aliphatic hydroxyl groups excluding tert-OH is 1. The average molecular weight is 230 g/mol. The normalized spacial score (nSPS) is 23.2. The SMILES string of the molecule is COCC(CO)N1CCC(NC(C)C)C1=O. The Morgan fingerprint density at radius 1 is 1.62 bits per heavy atom. The van der Waals surface area contributed by atoms with Crippen molar-refractivity contribution >= 4 is 5.91 Å². The van der Waals surface area contributed by atoms with Crippen LogP contribution in [0, 0.1) is 0 Å². The molecule has 1 aliphatic rings. The van der Waals surface area contributed by atoms with E-state index in [1.54, 1.807) is 12.0 Å². The number of aliphatic hydroxyl groups is 1. The number of hydrogen-bond donors (Lipinski definition) is 2. The molecule has 0 aromatic rings. The van der Waals surface area contributed by atoms with E-state index in [9.17, 15) is 9.90 Å². The van der Waals surface area contributed by atoms with Crippen molar-refractivity contribution in [3.05, 3.63) is 0 Å². The average Bonchev–Trinajstić information content (AvgIpc) is 2.57. The smallest absolute Gasteiger partial charge is 0.240 e. The van der Waals surface area contributed by atoms with Crippen molar-refractivity contribution in [3.63, 3.8) is 0 Å². The van der Waals surface area contributed by atoms with Gasteiger partial charge in [-0.25, -0.2) is 0 Å². The minimum Gasteiger partial charge on any atom is -0.394 e. The van der Waals surface area contributed by atoms with Crippen LogP contribution in [0.3, 0.4) is 0 Å². The van der Waals surface area contributed by atoms with Gasteiger partial charge in [0.15, 0.2) is 0 Å². The first-order valence-electron chi connectivity index (χ1n) is 5.76. The Bertz CT molecular complexity index is 233. The number of rotatable bonds is 6. The second-order valence-electron chi connectivity index (χ2n) is 4.49. The van der Waals surface area contributed by atoms with Crippen molar-refractivity contribution in [3.8, 4) is 0 Å². The van der Waals surface area contributed by atoms with E-state index in [4.69, 9.17) is 4.74 Å². The highest BCUT2D eigenvalue weighted by molar-refractivity contribution is 5.84. The van der Waals surface area contributed by atoms with Gasteiger partial charge in [0, 0.05) is 19.7 Å². The largest absolute Gasteiger partial charge is 0.394 e. The van der Waals surface area contributed by atoms with Gasteiger partial charge in [-0.2, -0.15) is 0 Å². The lowest BCUT2D eigenvalue weighted by molar-refractivity contribution is -0.133. The van der Waals surface area contributed by atoms with Crippen molar-refractivity contribution in [1.82, 2.24) is 10.2 Å². The predicted molar refractivity (Wildman–Crippen MR) is 61.1 cm³/mol. The number of nitrogens with zero attached hydrogens (tertiary/aromatic N) is 1. The Morgan fingerprint density at radius 2 is 2.31 bits per heavy atom. The second-order valence-corrected chi connectivity index (χ2v) is 4.49. The van der Waals surface area contributed by atoms with E-state index in [2.05, 4.69) is 5.32 Å². The molecular weight excluding hydrogens is 208 g/mol. The quantitative estimate of drug-likeness (QED) is 0.651. The Labute approximate surface area is 96.8 Å². The highest BCUT2D eigenvalue weighted by Crippen LogP contribution is 2.15. The number of nitrogens with one attached hydrogen (secondary N) is 1. The van der Waals surface area contributed by atoms with Gasteiger partial charge in [0.05, 0.1) is 25.3 Å². The van der Waals surface area contributed by atoms with Crippen LogP contribution in [0.4, 0.5) is 0 Å². The van der Waals surface area contributed by atoms with Crippen molar-refractivity contribution in [2.75, 3.05) is 26.9 Å². The van der Waals surface area contributed by atoms with Crippen LogP contribution in [0.5, 0.6) is 0 Å². The van der Waals surface area contributed by atoms with Gasteiger partial charge in [0.1, 0.15) is 0 Å². The third-order valence-electron chi connectivity index (χ3n) is 2.78. The van der Waals surface area contributed by atoms with Crippen LogP contribution in [0.1, 0.15) is 20.3 Å². The van der Waals surface area contributed by atoms with Gasteiger partial charge in [-0.05, 0) is 6.42 Å². The van der Waals surface area contributed by atoms with Gasteiger partial charge in [-0.1, -0.05) is 13.8 Å². The van der Waals surface area contributed by atoms with Gasteiger partial charge >= 0.3 is 0 Å². The summed E-state index contributed by atoms with van der Waals surface area (Å²) in [6.45, 7) is 5.08. The molecule has 0 aliphatic carbocycles. The third kappa shape index (κ3) is 3.17. The summed E-state index contributed by atoms with van der Waals surface area (Å²) in [6, 6.07) is -0.0220. The maximum atomic E-state index is 12.0. The maximum absolute atomic E-state index is 12.0. The van der Waals surface area contributed by atoms with E-state index in [-0.39, 0.29) is 24.6 Å². The van der Waals surface area contributed by atoms with Crippen LogP contribution in [-0.2, 0) is 9.53 Å². The summed E-state index contributed by atoms with van der Waals surface area (Å²) in [5.41, 5.74) is 0. The first kappa shape index (κ1) is 13.4. The fraction of sp³-hybridized carbons (Fsp3) is 0.909. The van der Waals surface area contributed by atoms with Crippen LogP contribution in [-0.4, -0.2) is 60.9 Å². The lowest BCUT2D eigenvalue weighted by Crippen LogP contribution is -2.47. The molecule has 1 amide bonds. The van der Waals surface area contributed by atoms with E-state index in [1.165, 1.54) is 0 Å².